The highest BCUT2D eigenvalue weighted by molar-refractivity contribution is 5.86. The van der Waals surface area contributed by atoms with Crippen LogP contribution in [-0.2, 0) is 40.4 Å². The standard InChI is InChI=1S/C28H25N3O4/c29-15-16-31-18-23(24-13-7-8-14-26(24)31)17-25(27(32)34-19-21-9-3-1-4-10-21)30-28(33)35-20-22-11-5-2-6-12-22/h1-14,18,25H,16-17,19-20H2,(H,30,33)/t25-/m0/s1. The molecule has 7 nitrogen and oxygen atoms in total. The highest BCUT2D eigenvalue weighted by Crippen LogP contribution is 2.23. The molecule has 4 aromatic rings. The molecule has 0 fully saturated rings. The zero-order valence-electron chi connectivity index (χ0n) is 19.1. The molecule has 0 aliphatic carbocycles. The Labute approximate surface area is 203 Å². The largest absolute Gasteiger partial charge is 0.459 e. The molecule has 7 heteroatoms. The van der Waals surface area contributed by atoms with Crippen LogP contribution in [0.2, 0.25) is 0 Å². The van der Waals surface area contributed by atoms with E-state index in [2.05, 4.69) is 11.4 Å². The maximum absolute atomic E-state index is 13.0. The minimum absolute atomic E-state index is 0.0833. The summed E-state index contributed by atoms with van der Waals surface area (Å²) in [7, 11) is 0. The first-order chi connectivity index (χ1) is 17.1. The molecule has 0 saturated carbocycles. The van der Waals surface area contributed by atoms with Crippen molar-refractivity contribution < 1.29 is 19.1 Å². The summed E-state index contributed by atoms with van der Waals surface area (Å²) in [5.74, 6) is -0.567. The number of carbonyl (C=O) groups is 2. The van der Waals surface area contributed by atoms with Crippen LogP contribution in [0.3, 0.4) is 0 Å². The van der Waals surface area contributed by atoms with Crippen LogP contribution in [0.25, 0.3) is 10.9 Å². The number of benzene rings is 3. The molecule has 1 aromatic heterocycles. The van der Waals surface area contributed by atoms with Gasteiger partial charge in [0.25, 0.3) is 0 Å². The fourth-order valence-corrected chi connectivity index (χ4v) is 3.84. The number of hydrogen-bond acceptors (Lipinski definition) is 5. The Hall–Kier alpha value is -4.57. The number of fused-ring (bicyclic) bond motifs is 1. The van der Waals surface area contributed by atoms with Crippen LogP contribution >= 0.6 is 0 Å². The quantitative estimate of drug-likeness (QED) is 0.359. The van der Waals surface area contributed by atoms with Crippen molar-refractivity contribution in [2.75, 3.05) is 0 Å². The normalized spacial score (nSPS) is 11.4. The summed E-state index contributed by atoms with van der Waals surface area (Å²) in [4.78, 5) is 25.6. The fourth-order valence-electron chi connectivity index (χ4n) is 3.84. The third kappa shape index (κ3) is 6.27. The van der Waals surface area contributed by atoms with E-state index in [1.54, 1.807) is 0 Å². The van der Waals surface area contributed by atoms with Crippen LogP contribution in [0.15, 0.2) is 91.1 Å². The van der Waals surface area contributed by atoms with E-state index in [-0.39, 0.29) is 26.2 Å². The average molecular weight is 468 g/mol. The van der Waals surface area contributed by atoms with Crippen LogP contribution in [-0.4, -0.2) is 22.7 Å². The Balaban J connectivity index is 1.51. The molecule has 0 saturated heterocycles. The Kier molecular flexibility index (Phi) is 7.77. The number of amides is 1. The molecule has 0 radical (unpaired) electrons. The summed E-state index contributed by atoms with van der Waals surface area (Å²) in [6, 6.07) is 27.4. The number of rotatable bonds is 9. The van der Waals surface area contributed by atoms with Crippen molar-refractivity contribution in [3.63, 3.8) is 0 Å². The fraction of sp³-hybridized carbons (Fsp3) is 0.179. The molecular weight excluding hydrogens is 442 g/mol. The van der Waals surface area contributed by atoms with E-state index < -0.39 is 18.1 Å². The van der Waals surface area contributed by atoms with Gasteiger partial charge in [0.2, 0.25) is 0 Å². The van der Waals surface area contributed by atoms with Gasteiger partial charge in [0, 0.05) is 23.5 Å². The third-order valence-electron chi connectivity index (χ3n) is 5.55. The predicted octanol–water partition coefficient (Wildman–Crippen LogP) is 4.75. The third-order valence-corrected chi connectivity index (χ3v) is 5.55. The zero-order valence-corrected chi connectivity index (χ0v) is 19.1. The van der Waals surface area contributed by atoms with Gasteiger partial charge in [-0.3, -0.25) is 0 Å². The Morgan fingerprint density at radius 2 is 1.46 bits per heavy atom. The number of esters is 1. The topological polar surface area (TPSA) is 93.4 Å². The monoisotopic (exact) mass is 467 g/mol. The highest BCUT2D eigenvalue weighted by atomic mass is 16.6. The Bertz CT molecular complexity index is 1330. The van der Waals surface area contributed by atoms with Crippen molar-refractivity contribution in [3.05, 3.63) is 108 Å². The van der Waals surface area contributed by atoms with Crippen molar-refractivity contribution in [3.8, 4) is 6.07 Å². The second-order valence-corrected chi connectivity index (χ2v) is 8.01. The number of carbonyl (C=O) groups excluding carboxylic acids is 2. The van der Waals surface area contributed by atoms with Gasteiger partial charge in [-0.25, -0.2) is 9.59 Å². The summed E-state index contributed by atoms with van der Waals surface area (Å²) in [5, 5.41) is 12.8. The number of ether oxygens (including phenoxy) is 2. The minimum Gasteiger partial charge on any atom is -0.459 e. The maximum atomic E-state index is 13.0. The molecule has 1 atom stereocenters. The molecule has 0 unspecified atom stereocenters. The molecular formula is C28H25N3O4. The van der Waals surface area contributed by atoms with Crippen molar-refractivity contribution in [2.45, 2.75) is 32.2 Å². The van der Waals surface area contributed by atoms with Gasteiger partial charge >= 0.3 is 12.1 Å². The van der Waals surface area contributed by atoms with E-state index in [9.17, 15) is 14.9 Å². The zero-order chi connectivity index (χ0) is 24.5. The van der Waals surface area contributed by atoms with Gasteiger partial charge in [-0.05, 0) is 22.8 Å². The second kappa shape index (κ2) is 11.5. The van der Waals surface area contributed by atoms with Gasteiger partial charge in [0.15, 0.2) is 0 Å². The molecule has 35 heavy (non-hydrogen) atoms. The lowest BCUT2D eigenvalue weighted by atomic mass is 10.1. The second-order valence-electron chi connectivity index (χ2n) is 8.01. The number of nitrogens with zero attached hydrogens (tertiary/aromatic N) is 2. The van der Waals surface area contributed by atoms with Gasteiger partial charge in [-0.2, -0.15) is 5.26 Å². The van der Waals surface area contributed by atoms with E-state index in [0.29, 0.717) is 0 Å². The molecule has 0 bridgehead atoms. The van der Waals surface area contributed by atoms with Crippen LogP contribution in [0.1, 0.15) is 16.7 Å². The lowest BCUT2D eigenvalue weighted by molar-refractivity contribution is -0.147. The van der Waals surface area contributed by atoms with Crippen LogP contribution in [0.4, 0.5) is 4.79 Å². The van der Waals surface area contributed by atoms with Crippen molar-refractivity contribution in [1.82, 2.24) is 9.88 Å². The highest BCUT2D eigenvalue weighted by Gasteiger charge is 2.25. The minimum atomic E-state index is -0.969. The first-order valence-electron chi connectivity index (χ1n) is 11.3. The summed E-state index contributed by atoms with van der Waals surface area (Å²) in [6.07, 6.45) is 1.31. The molecule has 1 heterocycles. The van der Waals surface area contributed by atoms with Gasteiger partial charge in [0.1, 0.15) is 25.8 Å². The summed E-state index contributed by atoms with van der Waals surface area (Å²) < 4.78 is 12.7. The van der Waals surface area contributed by atoms with E-state index in [0.717, 1.165) is 27.6 Å². The van der Waals surface area contributed by atoms with Crippen molar-refractivity contribution in [1.29, 1.82) is 5.26 Å². The number of hydrogen-bond donors (Lipinski definition) is 1. The molecule has 0 aliphatic rings. The molecule has 0 aliphatic heterocycles. The lowest BCUT2D eigenvalue weighted by Crippen LogP contribution is -2.43. The summed E-state index contributed by atoms with van der Waals surface area (Å²) in [5.41, 5.74) is 3.38. The van der Waals surface area contributed by atoms with E-state index >= 15 is 0 Å². The van der Waals surface area contributed by atoms with Gasteiger partial charge in [-0.1, -0.05) is 78.9 Å². The van der Waals surface area contributed by atoms with Crippen molar-refractivity contribution in [2.24, 2.45) is 0 Å². The summed E-state index contributed by atoms with van der Waals surface area (Å²) >= 11 is 0. The lowest BCUT2D eigenvalue weighted by Gasteiger charge is -2.18. The molecule has 1 amide bonds. The smallest absolute Gasteiger partial charge is 0.408 e. The molecule has 3 aromatic carbocycles. The van der Waals surface area contributed by atoms with E-state index in [1.165, 1.54) is 0 Å². The van der Waals surface area contributed by atoms with E-state index in [1.807, 2.05) is 95.7 Å². The number of nitrogens with one attached hydrogen (secondary N) is 1. The molecule has 4 rings (SSSR count). The Morgan fingerprint density at radius 3 is 2.11 bits per heavy atom. The molecule has 176 valence electrons. The average Bonchev–Trinajstić information content (AvgIpc) is 3.24. The molecule has 1 N–H and O–H groups in total. The number of alkyl carbamates (subject to hydrolysis) is 1. The predicted molar refractivity (Wildman–Crippen MR) is 131 cm³/mol. The maximum Gasteiger partial charge on any atom is 0.408 e. The van der Waals surface area contributed by atoms with Gasteiger partial charge in [-0.15, -0.1) is 0 Å². The van der Waals surface area contributed by atoms with Gasteiger partial charge in [0.05, 0.1) is 6.07 Å². The molecule has 0 spiro atoms. The summed E-state index contributed by atoms with van der Waals surface area (Å²) in [6.45, 7) is 0.350. The van der Waals surface area contributed by atoms with E-state index in [4.69, 9.17) is 9.47 Å². The van der Waals surface area contributed by atoms with Crippen molar-refractivity contribution >= 4 is 23.0 Å². The SMILES string of the molecule is N#CCn1cc(C[C@H](NC(=O)OCc2ccccc2)C(=O)OCc2ccccc2)c2ccccc21. The first-order valence-corrected chi connectivity index (χ1v) is 11.3. The number of nitriles is 1. The van der Waals surface area contributed by atoms with Crippen LogP contribution in [0.5, 0.6) is 0 Å². The Morgan fingerprint density at radius 1 is 0.857 bits per heavy atom. The number of aromatic nitrogens is 1. The van der Waals surface area contributed by atoms with Crippen LogP contribution < -0.4 is 5.32 Å². The van der Waals surface area contributed by atoms with Crippen LogP contribution in [0, 0.1) is 11.3 Å². The number of para-hydroxylation sites is 1. The first kappa shape index (κ1) is 23.6. The van der Waals surface area contributed by atoms with Gasteiger partial charge < -0.3 is 19.4 Å².